The number of carbonyl (C=O) groups is 8. The van der Waals surface area contributed by atoms with Crippen molar-refractivity contribution < 1.29 is 66.8 Å². The Kier molecular flexibility index (Phi) is 32.3. The normalized spacial score (nSPS) is 12.9. The van der Waals surface area contributed by atoms with Crippen LogP contribution in [0, 0.1) is 0 Å². The number of amides is 6. The number of ether oxygens (including phenoxy) is 6. The van der Waals surface area contributed by atoms with Gasteiger partial charge in [0.1, 0.15) is 49.5 Å². The van der Waals surface area contributed by atoms with Crippen LogP contribution in [0.1, 0.15) is 144 Å². The second-order valence-corrected chi connectivity index (χ2v) is 32.5. The van der Waals surface area contributed by atoms with Gasteiger partial charge >= 0.3 is 18.3 Å². The predicted octanol–water partition coefficient (Wildman–Crippen LogP) is 12.0. The van der Waals surface area contributed by atoms with Crippen LogP contribution in [-0.2, 0) is 92.0 Å². The Hall–Kier alpha value is -13.5. The van der Waals surface area contributed by atoms with Gasteiger partial charge in [-0.25, -0.2) is 14.4 Å². The molecule has 126 heavy (non-hydrogen) atoms. The molecule has 13 rings (SSSR count). The fourth-order valence-electron chi connectivity index (χ4n) is 13.8. The minimum absolute atomic E-state index is 0.0338. The van der Waals surface area contributed by atoms with Gasteiger partial charge < -0.3 is 76.3 Å². The average Bonchev–Trinajstić information content (AvgIpc) is 1.65. The van der Waals surface area contributed by atoms with Gasteiger partial charge in [0.15, 0.2) is 34.4 Å². The van der Waals surface area contributed by atoms with E-state index in [4.69, 9.17) is 45.6 Å². The number of nitrogens with two attached hydrogens (primary N) is 3. The molecule has 6 aromatic carbocycles. The number of likely N-dealkylation sites (N-methyl/N-ethyl adjacent to an activating group) is 2. The molecule has 12 aromatic rings. The summed E-state index contributed by atoms with van der Waals surface area (Å²) in [6.07, 6.45) is 1.46. The number of nitrogens with zero attached hydrogens (tertiary/aromatic N) is 12. The van der Waals surface area contributed by atoms with Gasteiger partial charge in [0, 0.05) is 27.2 Å². The van der Waals surface area contributed by atoms with Crippen molar-refractivity contribution in [3.05, 3.63) is 270 Å². The minimum Gasteiger partial charge on any atom is -0.443 e. The Morgan fingerprint density at radius 2 is 0.651 bits per heavy atom. The zero-order valence-electron chi connectivity index (χ0n) is 72.6. The molecule has 1 aliphatic rings. The Bertz CT molecular complexity index is 5470. The van der Waals surface area contributed by atoms with Gasteiger partial charge in [0.2, 0.25) is 17.7 Å². The van der Waals surface area contributed by atoms with Gasteiger partial charge in [-0.15, -0.1) is 30.6 Å². The summed E-state index contributed by atoms with van der Waals surface area (Å²) in [7, 11) is 2.98. The molecule has 0 aliphatic carbocycles. The lowest BCUT2D eigenvalue weighted by atomic mass is 10.0. The summed E-state index contributed by atoms with van der Waals surface area (Å²) in [5.41, 5.74) is 27.7. The van der Waals surface area contributed by atoms with Gasteiger partial charge in [-0.2, -0.15) is 0 Å². The molecule has 0 saturated carbocycles. The maximum Gasteiger partial charge on any atom is 0.410 e. The van der Waals surface area contributed by atoms with E-state index in [9.17, 15) is 38.4 Å². The largest absolute Gasteiger partial charge is 0.443 e. The summed E-state index contributed by atoms with van der Waals surface area (Å²) < 4.78 is 40.4. The number of piperidine rings is 1. The highest BCUT2D eigenvalue weighted by atomic mass is 16.6. The van der Waals surface area contributed by atoms with E-state index in [1.807, 2.05) is 164 Å². The molecule has 3 atom stereocenters. The molecular formula is C94H110N18O14. The van der Waals surface area contributed by atoms with Crippen molar-refractivity contribution in [1.29, 1.82) is 0 Å². The fraction of sp³-hybridized carbons (Fsp3) is 0.340. The predicted molar refractivity (Wildman–Crippen MR) is 474 cm³/mol. The highest BCUT2D eigenvalue weighted by Gasteiger charge is 2.34. The number of hydrogen-bond acceptors (Lipinski definition) is 23. The van der Waals surface area contributed by atoms with Gasteiger partial charge in [0.25, 0.3) is 0 Å². The second kappa shape index (κ2) is 43.7. The van der Waals surface area contributed by atoms with Gasteiger partial charge in [0.05, 0.1) is 86.4 Å². The lowest BCUT2D eigenvalue weighted by molar-refractivity contribution is -0.127. The SMILES string of the molecule is CC(=O)CN(C)C(=O)OCc1cccc2nnc([C@@H](COCc3ccccc3-c3ccccc3)NC(=O)C(C)(C)N)n12.CC(=O)CN(C)C(=O)OCc1cccc2nnc([C@@H](COCc3ccccc3-c3ccccc3)NC(=O)C(C)(C)N)n12.CC(C)(N)C(=O)N[C@H](COCc1ccccc1-c1ccccc1)c1nnc2cccc(COC(=O)N3CCCCC3)n12. The number of likely N-dealkylation sites (tertiary alicyclic amines) is 1. The van der Waals surface area contributed by atoms with E-state index in [-0.39, 0.29) is 89.5 Å². The Morgan fingerprint density at radius 1 is 0.365 bits per heavy atom. The summed E-state index contributed by atoms with van der Waals surface area (Å²) in [5.74, 6) is -0.226. The molecule has 1 fully saturated rings. The van der Waals surface area contributed by atoms with Crippen molar-refractivity contribution in [3.63, 3.8) is 0 Å². The zero-order chi connectivity index (χ0) is 90.1. The van der Waals surface area contributed by atoms with Gasteiger partial charge in [-0.1, -0.05) is 182 Å². The molecule has 7 heterocycles. The number of hydrogen-bond donors (Lipinski definition) is 6. The molecule has 0 bridgehead atoms. The number of benzene rings is 6. The molecule has 0 spiro atoms. The van der Waals surface area contributed by atoms with Crippen LogP contribution in [-0.4, -0.2) is 183 Å². The number of nitrogens with one attached hydrogen (secondary N) is 3. The third kappa shape index (κ3) is 25.6. The maximum atomic E-state index is 13.0. The highest BCUT2D eigenvalue weighted by molar-refractivity contribution is 5.87. The summed E-state index contributed by atoms with van der Waals surface area (Å²) in [6.45, 7) is 14.8. The number of fused-ring (bicyclic) bond motifs is 3. The molecule has 32 nitrogen and oxygen atoms in total. The summed E-state index contributed by atoms with van der Waals surface area (Å²) in [6, 6.07) is 68.1. The van der Waals surface area contributed by atoms with Crippen molar-refractivity contribution >= 4 is 64.5 Å². The Labute approximate surface area is 731 Å². The fourth-order valence-corrected chi connectivity index (χ4v) is 13.8. The molecule has 1 saturated heterocycles. The number of carbonyl (C=O) groups excluding carboxylic acids is 8. The molecule has 0 radical (unpaired) electrons. The number of Topliss-reactive ketones (excluding diaryl/α,β-unsaturated/α-hetero) is 2. The minimum atomic E-state index is -1.15. The quantitative estimate of drug-likeness (QED) is 0.0204. The average molecular weight is 1720 g/mol. The molecule has 32 heteroatoms. The van der Waals surface area contributed by atoms with Crippen LogP contribution >= 0.6 is 0 Å². The van der Waals surface area contributed by atoms with Crippen molar-refractivity contribution in [1.82, 2.24) is 74.4 Å². The van der Waals surface area contributed by atoms with Crippen LogP contribution < -0.4 is 33.2 Å². The summed E-state index contributed by atoms with van der Waals surface area (Å²) in [4.78, 5) is 103. The number of ketones is 2. The van der Waals surface area contributed by atoms with Crippen LogP contribution in [0.4, 0.5) is 14.4 Å². The number of aromatic nitrogens is 9. The van der Waals surface area contributed by atoms with Crippen molar-refractivity contribution in [2.45, 2.75) is 149 Å². The maximum absolute atomic E-state index is 13.0. The van der Waals surface area contributed by atoms with Crippen molar-refractivity contribution in [3.8, 4) is 33.4 Å². The smallest absolute Gasteiger partial charge is 0.410 e. The third-order valence-electron chi connectivity index (χ3n) is 20.3. The lowest BCUT2D eigenvalue weighted by Gasteiger charge is -2.26. The van der Waals surface area contributed by atoms with E-state index in [0.29, 0.717) is 71.2 Å². The molecule has 9 N–H and O–H groups in total. The first-order valence-electron chi connectivity index (χ1n) is 41.5. The second-order valence-electron chi connectivity index (χ2n) is 32.5. The van der Waals surface area contributed by atoms with Crippen LogP contribution in [0.2, 0.25) is 0 Å². The van der Waals surface area contributed by atoms with Crippen molar-refractivity contribution in [2.24, 2.45) is 17.2 Å². The Balaban J connectivity index is 0.000000183. The molecule has 6 aromatic heterocycles. The molecule has 1 aliphatic heterocycles. The van der Waals surface area contributed by atoms with Gasteiger partial charge in [-0.3, -0.25) is 37.2 Å². The first-order valence-corrected chi connectivity index (χ1v) is 41.5. The highest BCUT2D eigenvalue weighted by Crippen LogP contribution is 2.30. The van der Waals surface area contributed by atoms with Crippen LogP contribution in [0.15, 0.2) is 218 Å². The van der Waals surface area contributed by atoms with Crippen LogP contribution in [0.3, 0.4) is 0 Å². The van der Waals surface area contributed by atoms with E-state index in [0.717, 1.165) is 69.3 Å². The molecule has 6 amide bonds. The topological polar surface area (TPSA) is 406 Å². The number of rotatable bonds is 34. The molecule has 660 valence electrons. The Morgan fingerprint density at radius 3 is 0.944 bits per heavy atom. The van der Waals surface area contributed by atoms with E-state index >= 15 is 0 Å². The molecule has 0 unspecified atom stereocenters. The third-order valence-corrected chi connectivity index (χ3v) is 20.3. The van der Waals surface area contributed by atoms with Crippen LogP contribution in [0.5, 0.6) is 0 Å². The first kappa shape index (κ1) is 93.2. The standard InChI is InChI=1S/C32H38N6O4.2C31H36N6O5/c1-32(2,33)30(39)34-27(22-41-20-24-14-7-8-16-26(24)23-12-5-3-6-13-23)29-36-35-28-17-11-15-25(38(28)29)21-42-31(40)37-18-9-4-10-19-37;2*1-21(38)17-36(4)30(40)42-19-24-14-10-16-27-34-35-28(37(24)27)26(33-29(39)31(2,3)32)20-41-18-23-13-8-9-15-25(23)22-11-6-5-7-12-22/h3,5-8,11-17,27H,4,9-10,18-22,33H2,1-2H3,(H,34,39);2*5-16,26H,17-20,32H2,1-4H3,(H,33,39)/t27-;2*26-/m111/s1. The first-order chi connectivity index (χ1) is 60.4. The van der Waals surface area contributed by atoms with Gasteiger partial charge in [-0.05, 0) is 161 Å². The monoisotopic (exact) mass is 1710 g/mol. The van der Waals surface area contributed by atoms with Crippen LogP contribution in [0.25, 0.3) is 50.3 Å². The molecular weight excluding hydrogens is 1610 g/mol. The number of pyridine rings is 3. The lowest BCUT2D eigenvalue weighted by Crippen LogP contribution is -2.51. The zero-order valence-corrected chi connectivity index (χ0v) is 72.6. The van der Waals surface area contributed by atoms with E-state index in [1.54, 1.807) is 96.0 Å². The van der Waals surface area contributed by atoms with E-state index < -0.39 is 58.7 Å². The summed E-state index contributed by atoms with van der Waals surface area (Å²) >= 11 is 0. The van der Waals surface area contributed by atoms with E-state index in [2.05, 4.69) is 64.7 Å². The summed E-state index contributed by atoms with van der Waals surface area (Å²) in [5, 5.41) is 34.9. The van der Waals surface area contributed by atoms with E-state index in [1.165, 1.54) is 37.7 Å². The van der Waals surface area contributed by atoms with Crippen molar-refractivity contribution in [2.75, 3.05) is 60.1 Å².